The summed E-state index contributed by atoms with van der Waals surface area (Å²) >= 11 is 0. The maximum Gasteiger partial charge on any atom is 0.273 e. The summed E-state index contributed by atoms with van der Waals surface area (Å²) < 4.78 is 0. The molecule has 2 rings (SSSR count). The summed E-state index contributed by atoms with van der Waals surface area (Å²) in [6.45, 7) is 5.82. The number of nitrogens with zero attached hydrogens (tertiary/aromatic N) is 3. The van der Waals surface area contributed by atoms with Crippen molar-refractivity contribution in [2.75, 3.05) is 21.3 Å². The first-order chi connectivity index (χ1) is 14.9. The van der Waals surface area contributed by atoms with Crippen LogP contribution in [0.1, 0.15) is 41.7 Å². The Kier molecular flexibility index (Phi) is 8.75. The quantitative estimate of drug-likeness (QED) is 0.493. The normalized spacial score (nSPS) is 12.4. The van der Waals surface area contributed by atoms with Crippen molar-refractivity contribution < 1.29 is 19.3 Å². The molecule has 1 N–H and O–H groups in total. The van der Waals surface area contributed by atoms with Gasteiger partial charge in [-0.3, -0.25) is 4.79 Å². The van der Waals surface area contributed by atoms with E-state index in [1.54, 1.807) is 13.1 Å². The van der Waals surface area contributed by atoms with Crippen LogP contribution in [0.2, 0.25) is 0 Å². The van der Waals surface area contributed by atoms with E-state index in [0.29, 0.717) is 11.3 Å². The van der Waals surface area contributed by atoms with Crippen molar-refractivity contribution in [2.24, 2.45) is 15.5 Å². The summed E-state index contributed by atoms with van der Waals surface area (Å²) in [5.41, 5.74) is 5.75. The summed E-state index contributed by atoms with van der Waals surface area (Å²) in [7, 11) is 4.45. The lowest BCUT2D eigenvalue weighted by atomic mass is 9.98. The van der Waals surface area contributed by atoms with Crippen molar-refractivity contribution in [3.8, 4) is 0 Å². The zero-order chi connectivity index (χ0) is 22.8. The van der Waals surface area contributed by atoms with Gasteiger partial charge in [0.1, 0.15) is 20.8 Å². The number of carbonyl (C=O) groups is 1. The van der Waals surface area contributed by atoms with Gasteiger partial charge < -0.3 is 19.8 Å². The second-order valence-corrected chi connectivity index (χ2v) is 6.66. The summed E-state index contributed by atoms with van der Waals surface area (Å²) in [6, 6.07) is 13.3. The largest absolute Gasteiger partial charge is 0.399 e. The Balaban J connectivity index is 2.33. The molecular weight excluding hydrogens is 396 g/mol. The first kappa shape index (κ1) is 23.6. The molecule has 0 unspecified atom stereocenters. The first-order valence-electron chi connectivity index (χ1n) is 9.70. The Bertz CT molecular complexity index is 1010. The number of rotatable bonds is 9. The Morgan fingerprint density at radius 2 is 1.45 bits per heavy atom. The van der Waals surface area contributed by atoms with E-state index in [-0.39, 0.29) is 18.2 Å². The molecule has 0 heterocycles. The van der Waals surface area contributed by atoms with Crippen LogP contribution < -0.4 is 5.32 Å². The Morgan fingerprint density at radius 1 is 0.871 bits per heavy atom. The van der Waals surface area contributed by atoms with Crippen LogP contribution in [0.15, 0.2) is 57.9 Å². The predicted octanol–water partition coefficient (Wildman–Crippen LogP) is 3.40. The van der Waals surface area contributed by atoms with E-state index >= 15 is 0 Å². The van der Waals surface area contributed by atoms with E-state index in [0.717, 1.165) is 28.0 Å². The molecule has 31 heavy (non-hydrogen) atoms. The SMILES string of the molecule is CNC(=O)/C(=N/OC)c1cccc(C)c1CO/N=C(\C)c1ccccc1/C(C)=N\OC. The van der Waals surface area contributed by atoms with Gasteiger partial charge in [0.25, 0.3) is 5.91 Å². The number of amides is 1. The van der Waals surface area contributed by atoms with Gasteiger partial charge in [-0.15, -0.1) is 0 Å². The van der Waals surface area contributed by atoms with Crippen molar-refractivity contribution in [1.82, 2.24) is 5.32 Å². The molecule has 2 aromatic carbocycles. The van der Waals surface area contributed by atoms with E-state index in [1.807, 2.05) is 57.2 Å². The summed E-state index contributed by atoms with van der Waals surface area (Å²) in [5.74, 6) is -0.352. The van der Waals surface area contributed by atoms with Crippen LogP contribution in [0.4, 0.5) is 0 Å². The van der Waals surface area contributed by atoms with Crippen LogP contribution in [0.25, 0.3) is 0 Å². The first-order valence-corrected chi connectivity index (χ1v) is 9.70. The van der Waals surface area contributed by atoms with E-state index in [1.165, 1.54) is 14.2 Å². The van der Waals surface area contributed by atoms with Gasteiger partial charge in [0.2, 0.25) is 0 Å². The van der Waals surface area contributed by atoms with Gasteiger partial charge in [0.05, 0.1) is 11.4 Å². The van der Waals surface area contributed by atoms with Gasteiger partial charge in [-0.25, -0.2) is 0 Å². The molecule has 0 saturated heterocycles. The third-order valence-corrected chi connectivity index (χ3v) is 4.64. The zero-order valence-corrected chi connectivity index (χ0v) is 18.7. The van der Waals surface area contributed by atoms with Crippen molar-refractivity contribution >= 4 is 23.0 Å². The van der Waals surface area contributed by atoms with Crippen molar-refractivity contribution in [3.63, 3.8) is 0 Å². The molecule has 8 heteroatoms. The molecule has 8 nitrogen and oxygen atoms in total. The van der Waals surface area contributed by atoms with E-state index in [4.69, 9.17) is 14.5 Å². The number of hydrogen-bond acceptors (Lipinski definition) is 7. The van der Waals surface area contributed by atoms with Gasteiger partial charge in [-0.05, 0) is 26.3 Å². The molecule has 0 radical (unpaired) electrons. The van der Waals surface area contributed by atoms with Crippen molar-refractivity contribution in [2.45, 2.75) is 27.4 Å². The highest BCUT2D eigenvalue weighted by Crippen LogP contribution is 2.18. The predicted molar refractivity (Wildman–Crippen MR) is 121 cm³/mol. The highest BCUT2D eigenvalue weighted by molar-refractivity contribution is 6.45. The highest BCUT2D eigenvalue weighted by Gasteiger charge is 2.19. The number of nitrogens with one attached hydrogen (secondary N) is 1. The topological polar surface area (TPSA) is 93.9 Å². The number of aryl methyl sites for hydroxylation is 1. The molecule has 0 aliphatic carbocycles. The number of likely N-dealkylation sites (N-methyl/N-ethyl adjacent to an activating group) is 1. The molecule has 0 aliphatic rings. The Morgan fingerprint density at radius 3 is 2.03 bits per heavy atom. The maximum atomic E-state index is 12.3. The molecule has 0 aromatic heterocycles. The Hall–Kier alpha value is -3.68. The minimum Gasteiger partial charge on any atom is -0.399 e. The van der Waals surface area contributed by atoms with Gasteiger partial charge >= 0.3 is 0 Å². The van der Waals surface area contributed by atoms with Gasteiger partial charge in [0, 0.05) is 29.3 Å². The average Bonchev–Trinajstić information content (AvgIpc) is 2.78. The average molecular weight is 425 g/mol. The number of carbonyl (C=O) groups excluding carboxylic acids is 1. The second-order valence-electron chi connectivity index (χ2n) is 6.66. The smallest absolute Gasteiger partial charge is 0.273 e. The van der Waals surface area contributed by atoms with E-state index < -0.39 is 0 Å². The second kappa shape index (κ2) is 11.5. The van der Waals surface area contributed by atoms with Gasteiger partial charge in [-0.2, -0.15) is 0 Å². The molecule has 2 aromatic rings. The molecule has 0 spiro atoms. The molecule has 1 amide bonds. The molecular formula is C23H28N4O4. The molecule has 0 fully saturated rings. The minimum absolute atomic E-state index is 0.159. The van der Waals surface area contributed by atoms with Crippen LogP contribution in [0.5, 0.6) is 0 Å². The van der Waals surface area contributed by atoms with Crippen LogP contribution in [-0.4, -0.2) is 44.3 Å². The fraction of sp³-hybridized carbons (Fsp3) is 0.304. The van der Waals surface area contributed by atoms with Gasteiger partial charge in [0.15, 0.2) is 5.71 Å². The molecule has 0 aliphatic heterocycles. The summed E-state index contributed by atoms with van der Waals surface area (Å²) in [4.78, 5) is 27.7. The monoisotopic (exact) mass is 424 g/mol. The van der Waals surface area contributed by atoms with Crippen molar-refractivity contribution in [1.29, 1.82) is 0 Å². The molecule has 164 valence electrons. The maximum absolute atomic E-state index is 12.3. The lowest BCUT2D eigenvalue weighted by Gasteiger charge is -2.13. The van der Waals surface area contributed by atoms with Crippen LogP contribution in [-0.2, 0) is 25.9 Å². The third kappa shape index (κ3) is 5.91. The Labute approximate surface area is 182 Å². The standard InChI is InChI=1S/C23H28N4O4/c1-15-10-9-13-20(22(27-30-6)23(28)24-4)21(15)14-31-26-17(3)19-12-8-7-11-18(19)16(2)25-29-5/h7-13H,14H2,1-6H3,(H,24,28)/b25-16-,26-17+,27-22+. The number of hydrogen-bond donors (Lipinski definition) is 1. The molecule has 0 atom stereocenters. The number of oxime groups is 3. The summed E-state index contributed by atoms with van der Waals surface area (Å²) in [5, 5.41) is 14.8. The fourth-order valence-corrected chi connectivity index (χ4v) is 3.08. The lowest BCUT2D eigenvalue weighted by Crippen LogP contribution is -2.29. The fourth-order valence-electron chi connectivity index (χ4n) is 3.08. The van der Waals surface area contributed by atoms with Gasteiger partial charge in [-0.1, -0.05) is 57.9 Å². The summed E-state index contributed by atoms with van der Waals surface area (Å²) in [6.07, 6.45) is 0. The van der Waals surface area contributed by atoms with Crippen molar-refractivity contribution in [3.05, 3.63) is 70.3 Å². The lowest BCUT2D eigenvalue weighted by molar-refractivity contribution is -0.114. The van der Waals surface area contributed by atoms with Crippen LogP contribution in [0, 0.1) is 6.92 Å². The minimum atomic E-state index is -0.352. The van der Waals surface area contributed by atoms with E-state index in [2.05, 4.69) is 20.8 Å². The van der Waals surface area contributed by atoms with Crippen LogP contribution >= 0.6 is 0 Å². The third-order valence-electron chi connectivity index (χ3n) is 4.64. The molecule has 0 saturated carbocycles. The highest BCUT2D eigenvalue weighted by atomic mass is 16.6. The molecule has 0 bridgehead atoms. The van der Waals surface area contributed by atoms with Crippen LogP contribution in [0.3, 0.4) is 0 Å². The number of benzene rings is 2. The van der Waals surface area contributed by atoms with E-state index in [9.17, 15) is 4.79 Å². The zero-order valence-electron chi connectivity index (χ0n) is 18.7.